The van der Waals surface area contributed by atoms with Gasteiger partial charge >= 0.3 is 0 Å². The van der Waals surface area contributed by atoms with E-state index in [1.807, 2.05) is 0 Å². The van der Waals surface area contributed by atoms with Gasteiger partial charge in [-0.25, -0.2) is 4.98 Å². The molecule has 1 aromatic heterocycles. The van der Waals surface area contributed by atoms with Crippen molar-refractivity contribution in [2.45, 2.75) is 6.42 Å². The summed E-state index contributed by atoms with van der Waals surface area (Å²) >= 11 is 0. The fourth-order valence-electron chi connectivity index (χ4n) is 1.15. The van der Waals surface area contributed by atoms with Crippen molar-refractivity contribution in [3.05, 3.63) is 27.9 Å². The Kier molecular flexibility index (Phi) is 1.43. The highest BCUT2D eigenvalue weighted by atomic mass is 16.6. The molecule has 0 aliphatic carbocycles. The van der Waals surface area contributed by atoms with Gasteiger partial charge in [-0.05, 0) is 0 Å². The number of nitro groups is 1. The van der Waals surface area contributed by atoms with Crippen LogP contribution in [0.25, 0.3) is 0 Å². The number of aromatic nitrogens is 1. The molecule has 0 amide bonds. The summed E-state index contributed by atoms with van der Waals surface area (Å²) in [6.45, 7) is 0.573. The lowest BCUT2D eigenvalue weighted by Gasteiger charge is -1.95. The summed E-state index contributed by atoms with van der Waals surface area (Å²) in [7, 11) is 0. The quantitative estimate of drug-likeness (QED) is 0.459. The third kappa shape index (κ3) is 0.990. The number of fused-ring (bicyclic) bond motifs is 1. The summed E-state index contributed by atoms with van der Waals surface area (Å²) in [5.41, 5.74) is 0.850. The van der Waals surface area contributed by atoms with Gasteiger partial charge in [0, 0.05) is 18.1 Å². The Hall–Kier alpha value is -1.65. The minimum Gasteiger partial charge on any atom is -0.477 e. The summed E-state index contributed by atoms with van der Waals surface area (Å²) in [6, 6.07) is 1.51. The van der Waals surface area contributed by atoms with Gasteiger partial charge in [-0.3, -0.25) is 10.1 Å². The summed E-state index contributed by atoms with van der Waals surface area (Å²) in [5, 5.41) is 10.3. The first-order valence-electron chi connectivity index (χ1n) is 3.53. The lowest BCUT2D eigenvalue weighted by molar-refractivity contribution is -0.385. The minimum absolute atomic E-state index is 0.0271. The monoisotopic (exact) mass is 166 g/mol. The summed E-state index contributed by atoms with van der Waals surface area (Å²) in [5.74, 6) is 0.528. The van der Waals surface area contributed by atoms with Crippen LogP contribution in [0.2, 0.25) is 0 Å². The van der Waals surface area contributed by atoms with Crippen LogP contribution in [0.15, 0.2) is 12.3 Å². The lowest BCUT2D eigenvalue weighted by Crippen LogP contribution is -1.90. The Labute approximate surface area is 68.1 Å². The maximum atomic E-state index is 10.3. The van der Waals surface area contributed by atoms with E-state index < -0.39 is 4.92 Å². The highest BCUT2D eigenvalue weighted by Gasteiger charge is 2.17. The highest BCUT2D eigenvalue weighted by molar-refractivity contribution is 5.39. The second-order valence-corrected chi connectivity index (χ2v) is 2.51. The number of ether oxygens (including phenoxy) is 1. The lowest BCUT2D eigenvalue weighted by atomic mass is 10.2. The van der Waals surface area contributed by atoms with E-state index in [9.17, 15) is 10.1 Å². The van der Waals surface area contributed by atoms with E-state index in [0.29, 0.717) is 18.9 Å². The normalized spacial score (nSPS) is 13.7. The van der Waals surface area contributed by atoms with E-state index in [1.165, 1.54) is 12.3 Å². The van der Waals surface area contributed by atoms with Crippen LogP contribution in [0.4, 0.5) is 5.69 Å². The Morgan fingerprint density at radius 3 is 3.25 bits per heavy atom. The largest absolute Gasteiger partial charge is 0.477 e. The first-order valence-corrected chi connectivity index (χ1v) is 3.53. The van der Waals surface area contributed by atoms with Crippen LogP contribution >= 0.6 is 0 Å². The summed E-state index contributed by atoms with van der Waals surface area (Å²) in [6.07, 6.45) is 1.92. The molecule has 0 saturated heterocycles. The molecule has 0 bridgehead atoms. The number of rotatable bonds is 1. The Morgan fingerprint density at radius 2 is 2.50 bits per heavy atom. The Bertz CT molecular complexity index is 337. The van der Waals surface area contributed by atoms with Gasteiger partial charge in [0.1, 0.15) is 6.20 Å². The molecule has 0 fully saturated rings. The van der Waals surface area contributed by atoms with Crippen molar-refractivity contribution in [2.24, 2.45) is 0 Å². The molecule has 0 saturated carbocycles. The molecule has 0 unspecified atom stereocenters. The van der Waals surface area contributed by atoms with Gasteiger partial charge in [0.15, 0.2) is 0 Å². The van der Waals surface area contributed by atoms with Crippen LogP contribution in [-0.4, -0.2) is 16.5 Å². The van der Waals surface area contributed by atoms with Gasteiger partial charge in [0.2, 0.25) is 5.88 Å². The van der Waals surface area contributed by atoms with Crippen molar-refractivity contribution in [3.63, 3.8) is 0 Å². The van der Waals surface area contributed by atoms with Gasteiger partial charge in [-0.1, -0.05) is 0 Å². The molecule has 2 rings (SSSR count). The number of hydrogen-bond donors (Lipinski definition) is 0. The van der Waals surface area contributed by atoms with Crippen LogP contribution in [0.1, 0.15) is 5.56 Å². The molecule has 0 aromatic carbocycles. The van der Waals surface area contributed by atoms with Crippen molar-refractivity contribution >= 4 is 5.69 Å². The van der Waals surface area contributed by atoms with Gasteiger partial charge in [-0.2, -0.15) is 0 Å². The fraction of sp³-hybridized carbons (Fsp3) is 0.286. The van der Waals surface area contributed by atoms with Gasteiger partial charge < -0.3 is 4.74 Å². The van der Waals surface area contributed by atoms with Crippen molar-refractivity contribution in [3.8, 4) is 5.88 Å². The standard InChI is InChI=1S/C7H6N2O3/c10-9(11)6-3-5-1-2-12-7(5)8-4-6/h3-4H,1-2H2. The van der Waals surface area contributed by atoms with E-state index in [-0.39, 0.29) is 5.69 Å². The molecule has 62 valence electrons. The molecule has 1 aromatic rings. The SMILES string of the molecule is O=[N+]([O-])c1cnc2c(c1)CCO2. The molecule has 5 nitrogen and oxygen atoms in total. The van der Waals surface area contributed by atoms with E-state index in [4.69, 9.17) is 4.74 Å². The van der Waals surface area contributed by atoms with Crippen LogP contribution < -0.4 is 4.74 Å². The van der Waals surface area contributed by atoms with Crippen molar-refractivity contribution in [2.75, 3.05) is 6.61 Å². The molecule has 0 N–H and O–H groups in total. The smallest absolute Gasteiger partial charge is 0.288 e. The van der Waals surface area contributed by atoms with Crippen molar-refractivity contribution in [1.82, 2.24) is 4.98 Å². The fourth-order valence-corrected chi connectivity index (χ4v) is 1.15. The topological polar surface area (TPSA) is 65.3 Å². The van der Waals surface area contributed by atoms with Gasteiger partial charge in [0.25, 0.3) is 5.69 Å². The van der Waals surface area contributed by atoms with E-state index >= 15 is 0 Å². The molecule has 0 spiro atoms. The van der Waals surface area contributed by atoms with Crippen LogP contribution in [0.3, 0.4) is 0 Å². The molecular weight excluding hydrogens is 160 g/mol. The van der Waals surface area contributed by atoms with E-state index in [1.54, 1.807) is 0 Å². The Balaban J connectivity index is 2.45. The molecule has 0 atom stereocenters. The first kappa shape index (κ1) is 7.02. The second kappa shape index (κ2) is 2.44. The zero-order valence-corrected chi connectivity index (χ0v) is 6.19. The third-order valence-electron chi connectivity index (χ3n) is 1.73. The first-order chi connectivity index (χ1) is 5.77. The molecule has 1 aliphatic rings. The van der Waals surface area contributed by atoms with Crippen molar-refractivity contribution in [1.29, 1.82) is 0 Å². The average molecular weight is 166 g/mol. The highest BCUT2D eigenvalue weighted by Crippen LogP contribution is 2.25. The summed E-state index contributed by atoms with van der Waals surface area (Å²) in [4.78, 5) is 13.7. The molecule has 0 radical (unpaired) electrons. The third-order valence-corrected chi connectivity index (χ3v) is 1.73. The van der Waals surface area contributed by atoms with Crippen LogP contribution in [0, 0.1) is 10.1 Å². The number of nitrogens with zero attached hydrogens (tertiary/aromatic N) is 2. The molecule has 12 heavy (non-hydrogen) atoms. The maximum absolute atomic E-state index is 10.3. The van der Waals surface area contributed by atoms with Crippen molar-refractivity contribution < 1.29 is 9.66 Å². The maximum Gasteiger partial charge on any atom is 0.288 e. The average Bonchev–Trinajstić information content (AvgIpc) is 2.49. The van der Waals surface area contributed by atoms with Gasteiger partial charge in [-0.15, -0.1) is 0 Å². The van der Waals surface area contributed by atoms with E-state index in [0.717, 1.165) is 5.56 Å². The molecule has 2 heterocycles. The number of pyridine rings is 1. The van der Waals surface area contributed by atoms with Crippen LogP contribution in [-0.2, 0) is 6.42 Å². The molecule has 1 aliphatic heterocycles. The zero-order chi connectivity index (χ0) is 8.55. The second-order valence-electron chi connectivity index (χ2n) is 2.51. The minimum atomic E-state index is -0.453. The van der Waals surface area contributed by atoms with Crippen LogP contribution in [0.5, 0.6) is 5.88 Å². The van der Waals surface area contributed by atoms with Gasteiger partial charge in [0.05, 0.1) is 11.5 Å². The zero-order valence-electron chi connectivity index (χ0n) is 6.19. The molecule has 5 heteroatoms. The number of hydrogen-bond acceptors (Lipinski definition) is 4. The predicted molar refractivity (Wildman–Crippen MR) is 40.1 cm³/mol. The Morgan fingerprint density at radius 1 is 1.67 bits per heavy atom. The van der Waals surface area contributed by atoms with E-state index in [2.05, 4.69) is 4.98 Å². The molecular formula is C7H6N2O3. The summed E-state index contributed by atoms with van der Waals surface area (Å²) < 4.78 is 5.10. The predicted octanol–water partition coefficient (Wildman–Crippen LogP) is 0.925.